The average Bonchev–Trinajstić information content (AvgIpc) is 3.56. The number of rotatable bonds is 6. The Morgan fingerprint density at radius 1 is 0.891 bits per heavy atom. The van der Waals surface area contributed by atoms with Crippen molar-refractivity contribution in [2.45, 2.75) is 82.3 Å². The molecule has 5 aliphatic rings. The van der Waals surface area contributed by atoms with Crippen molar-refractivity contribution in [1.29, 1.82) is 0 Å². The zero-order chi connectivity index (χ0) is 31.8. The summed E-state index contributed by atoms with van der Waals surface area (Å²) >= 11 is 6.02. The Hall–Kier alpha value is -3.01. The zero-order valence-electron chi connectivity index (χ0n) is 26.6. The van der Waals surface area contributed by atoms with Gasteiger partial charge in [-0.3, -0.25) is 19.3 Å². The number of benzene rings is 2. The fourth-order valence-corrected chi connectivity index (χ4v) is 8.71. The lowest BCUT2D eigenvalue weighted by Crippen LogP contribution is -2.63. The maximum atomic E-state index is 15.0. The molecule has 4 aliphatic heterocycles. The van der Waals surface area contributed by atoms with E-state index in [-0.39, 0.29) is 36.9 Å². The summed E-state index contributed by atoms with van der Waals surface area (Å²) in [7, 11) is 0. The van der Waals surface area contributed by atoms with Gasteiger partial charge in [0.1, 0.15) is 11.9 Å². The van der Waals surface area contributed by atoms with Crippen molar-refractivity contribution in [2.75, 3.05) is 50.7 Å². The number of nitrogens with one attached hydrogen (secondary N) is 1. The van der Waals surface area contributed by atoms with Crippen molar-refractivity contribution in [2.24, 2.45) is 5.92 Å². The van der Waals surface area contributed by atoms with Crippen LogP contribution in [0.3, 0.4) is 0 Å². The van der Waals surface area contributed by atoms with Crippen LogP contribution in [0.4, 0.5) is 10.1 Å². The van der Waals surface area contributed by atoms with Crippen molar-refractivity contribution in [3.63, 3.8) is 0 Å². The molecule has 2 aromatic rings. The maximum absolute atomic E-state index is 15.0. The Labute approximate surface area is 276 Å². The van der Waals surface area contributed by atoms with Gasteiger partial charge in [0, 0.05) is 36.3 Å². The first-order chi connectivity index (χ1) is 22.4. The Kier molecular flexibility index (Phi) is 9.35. The van der Waals surface area contributed by atoms with E-state index in [0.29, 0.717) is 52.4 Å². The van der Waals surface area contributed by atoms with E-state index >= 15 is 0 Å². The monoisotopic (exact) mass is 649 g/mol. The SMILES string of the molecule is O=C([C@@H]1CCCN1C1CCCCC1)N1CCN2C(=O)c3cc(-c4ccc(Cl)cc4F)ccc3N(CCC3CCNCC3)C(=O)[C@@H]2C1. The number of likely N-dealkylation sites (tertiary alicyclic amines) is 1. The molecule has 3 amide bonds. The fraction of sp³-hybridized carbons (Fsp3) is 0.583. The lowest BCUT2D eigenvalue weighted by atomic mass is 9.93. The number of amides is 3. The number of fused-ring (bicyclic) bond motifs is 2. The van der Waals surface area contributed by atoms with E-state index in [4.69, 9.17) is 11.6 Å². The number of halogens is 2. The molecule has 1 aliphatic carbocycles. The summed E-state index contributed by atoms with van der Waals surface area (Å²) < 4.78 is 15.0. The van der Waals surface area contributed by atoms with Gasteiger partial charge >= 0.3 is 0 Å². The third-order valence-electron chi connectivity index (χ3n) is 11.1. The third-order valence-corrected chi connectivity index (χ3v) is 11.3. The summed E-state index contributed by atoms with van der Waals surface area (Å²) in [6.45, 7) is 4.28. The van der Waals surface area contributed by atoms with E-state index in [1.807, 2.05) is 4.90 Å². The summed E-state index contributed by atoms with van der Waals surface area (Å²) in [4.78, 5) is 50.6. The van der Waals surface area contributed by atoms with Crippen molar-refractivity contribution in [3.8, 4) is 11.1 Å². The maximum Gasteiger partial charge on any atom is 0.256 e. The Morgan fingerprint density at radius 3 is 2.48 bits per heavy atom. The van der Waals surface area contributed by atoms with Crippen LogP contribution < -0.4 is 10.2 Å². The first-order valence-corrected chi connectivity index (χ1v) is 17.7. The first-order valence-electron chi connectivity index (χ1n) is 17.4. The molecule has 46 heavy (non-hydrogen) atoms. The number of carbonyl (C=O) groups excluding carboxylic acids is 3. The van der Waals surface area contributed by atoms with Gasteiger partial charge in [-0.1, -0.05) is 36.9 Å². The predicted octanol–water partition coefficient (Wildman–Crippen LogP) is 5.33. The molecule has 3 saturated heterocycles. The average molecular weight is 650 g/mol. The molecule has 2 aromatic carbocycles. The molecule has 4 fully saturated rings. The minimum absolute atomic E-state index is 0.103. The molecule has 246 valence electrons. The van der Waals surface area contributed by atoms with Gasteiger partial charge in [-0.2, -0.15) is 0 Å². The normalized spacial score (nSPS) is 25.0. The summed E-state index contributed by atoms with van der Waals surface area (Å²) in [5, 5.41) is 3.71. The highest BCUT2D eigenvalue weighted by Gasteiger charge is 2.46. The zero-order valence-corrected chi connectivity index (χ0v) is 27.3. The van der Waals surface area contributed by atoms with Gasteiger partial charge in [-0.05, 0) is 106 Å². The molecule has 10 heteroatoms. The quantitative estimate of drug-likeness (QED) is 0.458. The van der Waals surface area contributed by atoms with E-state index in [1.165, 1.54) is 25.3 Å². The number of anilines is 1. The van der Waals surface area contributed by atoms with Gasteiger partial charge in [-0.25, -0.2) is 4.39 Å². The number of hydrogen-bond acceptors (Lipinski definition) is 5. The summed E-state index contributed by atoms with van der Waals surface area (Å²) in [5.74, 6) is -0.254. The van der Waals surface area contributed by atoms with Crippen molar-refractivity contribution < 1.29 is 18.8 Å². The fourth-order valence-electron chi connectivity index (χ4n) is 8.55. The van der Waals surface area contributed by atoms with Crippen molar-refractivity contribution in [1.82, 2.24) is 20.0 Å². The smallest absolute Gasteiger partial charge is 0.256 e. The highest BCUT2D eigenvalue weighted by atomic mass is 35.5. The molecule has 0 aromatic heterocycles. The second-order valence-corrected chi connectivity index (χ2v) is 14.3. The highest BCUT2D eigenvalue weighted by molar-refractivity contribution is 6.30. The Balaban J connectivity index is 1.17. The minimum Gasteiger partial charge on any atom is -0.337 e. The number of piperazine rings is 1. The molecule has 0 spiro atoms. The van der Waals surface area contributed by atoms with Gasteiger partial charge < -0.3 is 20.0 Å². The van der Waals surface area contributed by atoms with E-state index < -0.39 is 11.9 Å². The van der Waals surface area contributed by atoms with Crippen LogP contribution in [0, 0.1) is 11.7 Å². The Bertz CT molecular complexity index is 1480. The number of hydrogen-bond donors (Lipinski definition) is 1. The van der Waals surface area contributed by atoms with Crippen LogP contribution in [0.25, 0.3) is 11.1 Å². The van der Waals surface area contributed by atoms with Crippen LogP contribution in [-0.4, -0.2) is 96.4 Å². The second kappa shape index (κ2) is 13.6. The standard InChI is InChI=1S/C36H45ClFN5O3/c37-26-9-10-28(30(38)22-26)25-8-11-31-29(21-25)34(44)43-20-19-40(35(45)32-7-4-17-41(32)27-5-2-1-3-6-27)23-33(43)36(46)42(31)18-14-24-12-15-39-16-13-24/h8-11,21-22,24,27,32-33,39H,1-7,12-20,23H2/t32-,33-/m0/s1. The van der Waals surface area contributed by atoms with E-state index in [1.54, 1.807) is 40.1 Å². The van der Waals surface area contributed by atoms with Gasteiger partial charge in [0.05, 0.1) is 23.8 Å². The van der Waals surface area contributed by atoms with Crippen molar-refractivity contribution in [3.05, 3.63) is 52.8 Å². The summed E-state index contributed by atoms with van der Waals surface area (Å²) in [6.07, 6.45) is 10.8. The van der Waals surface area contributed by atoms with E-state index in [0.717, 1.165) is 64.6 Å². The molecule has 0 unspecified atom stereocenters. The summed E-state index contributed by atoms with van der Waals surface area (Å²) in [6, 6.07) is 9.37. The van der Waals surface area contributed by atoms with Crippen molar-refractivity contribution >= 4 is 35.0 Å². The molecule has 4 heterocycles. The van der Waals surface area contributed by atoms with Crippen LogP contribution in [0.5, 0.6) is 0 Å². The molecule has 0 bridgehead atoms. The van der Waals surface area contributed by atoms with Crippen LogP contribution in [0.2, 0.25) is 5.02 Å². The van der Waals surface area contributed by atoms with Crippen LogP contribution >= 0.6 is 11.6 Å². The topological polar surface area (TPSA) is 76.2 Å². The molecule has 0 radical (unpaired) electrons. The first kappa shape index (κ1) is 31.6. The van der Waals surface area contributed by atoms with Gasteiger partial charge in [-0.15, -0.1) is 0 Å². The molecular weight excluding hydrogens is 605 g/mol. The number of nitrogens with zero attached hydrogens (tertiary/aromatic N) is 4. The van der Waals surface area contributed by atoms with Crippen LogP contribution in [0.1, 0.15) is 74.6 Å². The minimum atomic E-state index is -0.758. The molecular formula is C36H45ClFN5O3. The molecule has 7 rings (SSSR count). The summed E-state index contributed by atoms with van der Waals surface area (Å²) in [5.41, 5.74) is 1.87. The van der Waals surface area contributed by atoms with Crippen LogP contribution in [0.15, 0.2) is 36.4 Å². The molecule has 2 atom stereocenters. The number of carbonyl (C=O) groups is 3. The number of piperidine rings is 1. The predicted molar refractivity (Wildman–Crippen MR) is 177 cm³/mol. The molecule has 8 nitrogen and oxygen atoms in total. The van der Waals surface area contributed by atoms with Gasteiger partial charge in [0.2, 0.25) is 5.91 Å². The van der Waals surface area contributed by atoms with E-state index in [2.05, 4.69) is 10.2 Å². The largest absolute Gasteiger partial charge is 0.337 e. The van der Waals surface area contributed by atoms with Gasteiger partial charge in [0.25, 0.3) is 11.8 Å². The van der Waals surface area contributed by atoms with Gasteiger partial charge in [0.15, 0.2) is 0 Å². The lowest BCUT2D eigenvalue weighted by Gasteiger charge is -2.43. The van der Waals surface area contributed by atoms with Crippen LogP contribution in [-0.2, 0) is 9.59 Å². The highest BCUT2D eigenvalue weighted by Crippen LogP contribution is 2.36. The molecule has 1 saturated carbocycles. The Morgan fingerprint density at radius 2 is 1.70 bits per heavy atom. The van der Waals surface area contributed by atoms with E-state index in [9.17, 15) is 18.8 Å². The molecule has 1 N–H and O–H groups in total. The second-order valence-electron chi connectivity index (χ2n) is 13.8. The lowest BCUT2D eigenvalue weighted by molar-refractivity contribution is -0.141. The third kappa shape index (κ3) is 6.18.